The van der Waals surface area contributed by atoms with Crippen molar-refractivity contribution in [3.63, 3.8) is 0 Å². The lowest BCUT2D eigenvalue weighted by molar-refractivity contribution is 0.633. The number of aliphatic imine (C=N–C) groups is 1. The van der Waals surface area contributed by atoms with E-state index < -0.39 is 6.17 Å². The number of fused-ring (bicyclic) bond motifs is 7. The molecule has 1 aliphatic rings. The summed E-state index contributed by atoms with van der Waals surface area (Å²) in [5.41, 5.74) is 10.0. The summed E-state index contributed by atoms with van der Waals surface area (Å²) in [5.74, 6) is 0.806. The Bertz CT molecular complexity index is 2700. The zero-order chi connectivity index (χ0) is 33.0. The van der Waals surface area contributed by atoms with Gasteiger partial charge in [0.15, 0.2) is 0 Å². The van der Waals surface area contributed by atoms with Crippen molar-refractivity contribution in [3.05, 3.63) is 186 Å². The van der Waals surface area contributed by atoms with Gasteiger partial charge in [-0.15, -0.1) is 0 Å². The van der Waals surface area contributed by atoms with E-state index in [0.717, 1.165) is 72.3 Å². The second-order valence-electron chi connectivity index (χ2n) is 12.6. The third kappa shape index (κ3) is 4.54. The number of furan rings is 1. The van der Waals surface area contributed by atoms with Crippen LogP contribution in [0.4, 0.5) is 0 Å². The smallest absolute Gasteiger partial charge is 0.143 e. The fraction of sp³-hybridized carbons (Fsp3) is 0.0455. The van der Waals surface area contributed by atoms with E-state index in [-0.39, 0.29) is 6.17 Å². The molecule has 0 spiro atoms. The van der Waals surface area contributed by atoms with E-state index in [2.05, 4.69) is 124 Å². The molecule has 6 nitrogen and oxygen atoms in total. The number of para-hydroxylation sites is 2. The first-order chi connectivity index (χ1) is 24.8. The van der Waals surface area contributed by atoms with Gasteiger partial charge in [0, 0.05) is 50.9 Å². The summed E-state index contributed by atoms with van der Waals surface area (Å²) in [5, 5.41) is 13.5. The Morgan fingerprint density at radius 1 is 0.640 bits per heavy atom. The van der Waals surface area contributed by atoms with Crippen molar-refractivity contribution in [3.8, 4) is 16.8 Å². The minimum Gasteiger partial charge on any atom is -0.613 e. The van der Waals surface area contributed by atoms with Crippen LogP contribution >= 0.6 is 0 Å². The fourth-order valence-corrected chi connectivity index (χ4v) is 7.46. The van der Waals surface area contributed by atoms with Gasteiger partial charge in [0.05, 0.1) is 16.4 Å². The molecule has 238 valence electrons. The van der Waals surface area contributed by atoms with Crippen molar-refractivity contribution >= 4 is 49.6 Å². The summed E-state index contributed by atoms with van der Waals surface area (Å²) in [7, 11) is 0. The number of nitrogens with one attached hydrogen (secondary N) is 1. The van der Waals surface area contributed by atoms with E-state index in [1.165, 1.54) is 10.8 Å². The molecule has 50 heavy (non-hydrogen) atoms. The minimum atomic E-state index is -0.413. The molecular weight excluding hydrogens is 615 g/mol. The maximum Gasteiger partial charge on any atom is 0.143 e. The van der Waals surface area contributed by atoms with Crippen LogP contribution in [0.2, 0.25) is 0 Å². The van der Waals surface area contributed by atoms with Crippen LogP contribution in [0, 0.1) is 0 Å². The molecule has 1 N–H and O–H groups in total. The van der Waals surface area contributed by atoms with E-state index in [4.69, 9.17) is 14.7 Å². The highest BCUT2D eigenvalue weighted by Gasteiger charge is 2.25. The largest absolute Gasteiger partial charge is 0.613 e. The second-order valence-corrected chi connectivity index (χ2v) is 12.6. The summed E-state index contributed by atoms with van der Waals surface area (Å²) < 4.78 is 9.32. The van der Waals surface area contributed by atoms with Crippen LogP contribution in [0.25, 0.3) is 65.9 Å². The highest BCUT2D eigenvalue weighted by atomic mass is 16.3. The Kier molecular flexibility index (Phi) is 6.60. The molecule has 0 saturated carbocycles. The Morgan fingerprint density at radius 2 is 1.38 bits per heavy atom. The number of pyridine rings is 1. The molecule has 6 heteroatoms. The molecule has 0 bridgehead atoms. The minimum absolute atomic E-state index is 0.389. The molecule has 1 aliphatic heterocycles. The number of amidine groups is 1. The fourth-order valence-electron chi connectivity index (χ4n) is 7.46. The van der Waals surface area contributed by atoms with Crippen LogP contribution < -0.4 is 5.32 Å². The molecule has 0 fully saturated rings. The third-order valence-electron chi connectivity index (χ3n) is 9.69. The first kappa shape index (κ1) is 28.5. The number of hydrogen-bond donors (Lipinski definition) is 1. The normalized spacial score (nSPS) is 16.2. The van der Waals surface area contributed by atoms with E-state index in [0.29, 0.717) is 0 Å². The van der Waals surface area contributed by atoms with Crippen LogP contribution in [-0.4, -0.2) is 15.4 Å². The zero-order valence-electron chi connectivity index (χ0n) is 26.9. The van der Waals surface area contributed by atoms with Gasteiger partial charge in [0.1, 0.15) is 17.0 Å². The van der Waals surface area contributed by atoms with Crippen LogP contribution in [0.15, 0.2) is 173 Å². The van der Waals surface area contributed by atoms with Crippen molar-refractivity contribution in [1.82, 2.24) is 14.9 Å². The summed E-state index contributed by atoms with van der Waals surface area (Å²) in [4.78, 5) is 9.59. The number of aromatic nitrogens is 2. The number of benzene rings is 6. The van der Waals surface area contributed by atoms with E-state index in [1.807, 2.05) is 48.7 Å². The predicted octanol–water partition coefficient (Wildman–Crippen LogP) is 10.9. The van der Waals surface area contributed by atoms with Crippen LogP contribution in [-0.2, 0) is 0 Å². The van der Waals surface area contributed by atoms with Crippen LogP contribution in [0.5, 0.6) is 0 Å². The van der Waals surface area contributed by atoms with Gasteiger partial charge in [-0.2, -0.15) is 0 Å². The maximum absolute atomic E-state index is 6.95. The van der Waals surface area contributed by atoms with Gasteiger partial charge < -0.3 is 19.6 Å². The number of nitrogens with zero attached hydrogens (tertiary/aromatic N) is 4. The van der Waals surface area contributed by atoms with Gasteiger partial charge in [-0.05, 0) is 59.9 Å². The Balaban J connectivity index is 1.30. The average molecular weight is 645 g/mol. The van der Waals surface area contributed by atoms with Gasteiger partial charge in [0.25, 0.3) is 0 Å². The van der Waals surface area contributed by atoms with E-state index >= 15 is 0 Å². The molecule has 0 aliphatic carbocycles. The highest BCUT2D eigenvalue weighted by molar-refractivity contribution is 6.26. The highest BCUT2D eigenvalue weighted by Crippen LogP contribution is 2.47. The molecule has 2 atom stereocenters. The van der Waals surface area contributed by atoms with Crippen LogP contribution in [0.3, 0.4) is 0 Å². The second kappa shape index (κ2) is 11.6. The van der Waals surface area contributed by atoms with E-state index in [1.54, 1.807) is 6.20 Å². The van der Waals surface area contributed by atoms with Crippen LogP contribution in [0.1, 0.15) is 29.0 Å². The monoisotopic (exact) mass is 644 g/mol. The van der Waals surface area contributed by atoms with Crippen molar-refractivity contribution in [1.29, 1.82) is 0 Å². The lowest BCUT2D eigenvalue weighted by Gasteiger charge is -2.44. The molecule has 2 unspecified atom stereocenters. The average Bonchev–Trinajstić information content (AvgIpc) is 3.75. The number of hydrogen-bond acceptors (Lipinski definition) is 4. The van der Waals surface area contributed by atoms with E-state index in [9.17, 15) is 0 Å². The topological polar surface area (TPSA) is 69.5 Å². The molecule has 0 saturated heterocycles. The molecular formula is C44H30N5O-. The van der Waals surface area contributed by atoms with Gasteiger partial charge >= 0.3 is 0 Å². The van der Waals surface area contributed by atoms with Gasteiger partial charge in [-0.25, -0.2) is 0 Å². The van der Waals surface area contributed by atoms with Crippen molar-refractivity contribution in [2.75, 3.05) is 0 Å². The van der Waals surface area contributed by atoms with Crippen molar-refractivity contribution in [2.24, 2.45) is 4.99 Å². The first-order valence-corrected chi connectivity index (χ1v) is 16.8. The molecule has 3 aromatic heterocycles. The summed E-state index contributed by atoms with van der Waals surface area (Å²) in [6, 6.07) is 52.5. The van der Waals surface area contributed by atoms with Gasteiger partial charge in [-0.1, -0.05) is 115 Å². The maximum atomic E-state index is 6.95. The Hall–Kier alpha value is -6.50. The SMILES string of the molecule is c1ccc(C2=NC(c3ccccc3)[N-]C(c3ccc(-c4cccnc4)c4oc5ccc6c7ccccc7n(-c7ccccc7)c6c5c34)N2)cc1. The van der Waals surface area contributed by atoms with Gasteiger partial charge in [0.2, 0.25) is 0 Å². The lowest BCUT2D eigenvalue weighted by Crippen LogP contribution is -2.34. The Morgan fingerprint density at radius 3 is 2.18 bits per heavy atom. The molecule has 0 amide bonds. The third-order valence-corrected chi connectivity index (χ3v) is 9.69. The molecule has 9 aromatic rings. The summed E-state index contributed by atoms with van der Waals surface area (Å²) in [6.07, 6.45) is 2.89. The summed E-state index contributed by atoms with van der Waals surface area (Å²) in [6.45, 7) is 0. The molecule has 10 rings (SSSR count). The molecule has 6 aromatic carbocycles. The van der Waals surface area contributed by atoms with Crippen molar-refractivity contribution < 1.29 is 4.42 Å². The lowest BCUT2D eigenvalue weighted by atomic mass is 9.96. The summed E-state index contributed by atoms with van der Waals surface area (Å²) >= 11 is 0. The molecule has 4 heterocycles. The number of rotatable bonds is 5. The predicted molar refractivity (Wildman–Crippen MR) is 203 cm³/mol. The zero-order valence-corrected chi connectivity index (χ0v) is 26.9. The van der Waals surface area contributed by atoms with Crippen molar-refractivity contribution in [2.45, 2.75) is 12.3 Å². The Labute approximate surface area is 288 Å². The first-order valence-electron chi connectivity index (χ1n) is 16.8. The standard InChI is InChI=1S/C44H30N5O/c1-4-13-28(14-5-1)42-46-43(29-15-6-2-7-16-29)48-44(47-42)35-23-22-32(30-17-12-26-45-27-30)41-38(35)39-37(50-41)25-24-34-33-20-10-11-21-36(33)49(40(34)39)31-18-8-3-9-19-31/h1-27,42,44H,(H,46,48)/q-1. The quantitative estimate of drug-likeness (QED) is 0.203. The molecule has 0 radical (unpaired) electrons. The van der Waals surface area contributed by atoms with Gasteiger partial charge in [-0.3, -0.25) is 9.98 Å².